The molecular formula is C14H22N4S. The lowest BCUT2D eigenvalue weighted by Gasteiger charge is -2.13. The molecule has 5 heteroatoms. The summed E-state index contributed by atoms with van der Waals surface area (Å²) in [5, 5.41) is 8.31. The Morgan fingerprint density at radius 1 is 1.37 bits per heavy atom. The van der Waals surface area contributed by atoms with Crippen molar-refractivity contribution in [1.29, 1.82) is 0 Å². The Morgan fingerprint density at radius 3 is 2.63 bits per heavy atom. The van der Waals surface area contributed by atoms with Crippen molar-refractivity contribution in [3.05, 3.63) is 23.0 Å². The van der Waals surface area contributed by atoms with Crippen LogP contribution in [-0.2, 0) is 0 Å². The highest BCUT2D eigenvalue weighted by Crippen LogP contribution is 2.17. The van der Waals surface area contributed by atoms with E-state index >= 15 is 0 Å². The number of aromatic amines is 1. The molecule has 3 N–H and O–H groups in total. The van der Waals surface area contributed by atoms with Gasteiger partial charge in [-0.05, 0) is 51.4 Å². The number of rotatable bonds is 3. The smallest absolute Gasteiger partial charge is 0.187 e. The van der Waals surface area contributed by atoms with Crippen LogP contribution in [0.1, 0.15) is 49.4 Å². The Kier molecular flexibility index (Phi) is 4.58. The van der Waals surface area contributed by atoms with Gasteiger partial charge in [-0.2, -0.15) is 5.10 Å². The average Bonchev–Trinajstić information content (AvgIpc) is 2.97. The van der Waals surface area contributed by atoms with E-state index < -0.39 is 0 Å². The minimum Gasteiger partial charge on any atom is -0.364 e. The number of aromatic nitrogens is 1. The number of nitrogens with one attached hydrogen (secondary N) is 3. The predicted molar refractivity (Wildman–Crippen MR) is 83.6 cm³/mol. The van der Waals surface area contributed by atoms with Crippen LogP contribution >= 0.6 is 12.2 Å². The van der Waals surface area contributed by atoms with Crippen molar-refractivity contribution >= 4 is 23.0 Å². The maximum Gasteiger partial charge on any atom is 0.187 e. The Balaban J connectivity index is 1.92. The van der Waals surface area contributed by atoms with E-state index in [2.05, 4.69) is 34.7 Å². The number of hydrazone groups is 1. The molecule has 1 heterocycles. The van der Waals surface area contributed by atoms with Gasteiger partial charge in [0.05, 0.1) is 5.71 Å². The summed E-state index contributed by atoms with van der Waals surface area (Å²) in [4.78, 5) is 3.21. The quantitative estimate of drug-likeness (QED) is 0.453. The van der Waals surface area contributed by atoms with E-state index in [-0.39, 0.29) is 0 Å². The van der Waals surface area contributed by atoms with E-state index in [0.717, 1.165) is 17.0 Å². The largest absolute Gasteiger partial charge is 0.364 e. The lowest BCUT2D eigenvalue weighted by Crippen LogP contribution is -2.38. The number of H-pyrrole nitrogens is 1. The highest BCUT2D eigenvalue weighted by molar-refractivity contribution is 7.80. The van der Waals surface area contributed by atoms with Gasteiger partial charge >= 0.3 is 0 Å². The second kappa shape index (κ2) is 6.19. The molecule has 1 fully saturated rings. The summed E-state index contributed by atoms with van der Waals surface area (Å²) in [6.07, 6.45) is 7.01. The van der Waals surface area contributed by atoms with Gasteiger partial charge in [0.2, 0.25) is 0 Å². The summed E-state index contributed by atoms with van der Waals surface area (Å²) >= 11 is 5.27. The van der Waals surface area contributed by atoms with Crippen molar-refractivity contribution in [1.82, 2.24) is 15.7 Å². The lowest BCUT2D eigenvalue weighted by molar-refractivity contribution is 0.624. The summed E-state index contributed by atoms with van der Waals surface area (Å²) in [6.45, 7) is 6.12. The molecular weight excluding hydrogens is 256 g/mol. The minimum absolute atomic E-state index is 0.520. The molecule has 4 nitrogen and oxygen atoms in total. The standard InChI is InChI=1S/C14H22N4S/c1-9-8-15-10(2)13(9)11(3)17-18-14(19)16-12-6-4-5-7-12/h8,12,15H,4-7H2,1-3H3,(H2,16,18,19)/b17-11+. The normalized spacial score (nSPS) is 16.7. The highest BCUT2D eigenvalue weighted by Gasteiger charge is 2.15. The van der Waals surface area contributed by atoms with E-state index in [1.54, 1.807) is 0 Å². The molecule has 0 aromatic carbocycles. The maximum atomic E-state index is 5.27. The van der Waals surface area contributed by atoms with Gasteiger partial charge in [0.1, 0.15) is 0 Å². The molecule has 0 spiro atoms. The van der Waals surface area contributed by atoms with Crippen molar-refractivity contribution in [2.24, 2.45) is 5.10 Å². The van der Waals surface area contributed by atoms with Crippen molar-refractivity contribution in [2.75, 3.05) is 0 Å². The Bertz CT molecular complexity index is 464. The van der Waals surface area contributed by atoms with Gasteiger partial charge in [-0.15, -0.1) is 0 Å². The molecule has 0 radical (unpaired) electrons. The van der Waals surface area contributed by atoms with Crippen LogP contribution in [0.3, 0.4) is 0 Å². The van der Waals surface area contributed by atoms with E-state index in [4.69, 9.17) is 12.2 Å². The van der Waals surface area contributed by atoms with Gasteiger partial charge in [-0.25, -0.2) is 0 Å². The van der Waals surface area contributed by atoms with Crippen molar-refractivity contribution in [3.8, 4) is 0 Å². The van der Waals surface area contributed by atoms with Crippen molar-refractivity contribution < 1.29 is 0 Å². The van der Waals surface area contributed by atoms with Gasteiger partial charge in [-0.3, -0.25) is 5.43 Å². The van der Waals surface area contributed by atoms with E-state index in [1.807, 2.05) is 13.1 Å². The van der Waals surface area contributed by atoms with E-state index in [0.29, 0.717) is 11.2 Å². The molecule has 0 unspecified atom stereocenters. The molecule has 1 aliphatic rings. The third kappa shape index (κ3) is 3.56. The first-order valence-corrected chi connectivity index (χ1v) is 7.24. The summed E-state index contributed by atoms with van der Waals surface area (Å²) in [5.41, 5.74) is 7.40. The summed E-state index contributed by atoms with van der Waals surface area (Å²) in [5.74, 6) is 0. The molecule has 0 saturated heterocycles. The fourth-order valence-corrected chi connectivity index (χ4v) is 2.90. The summed E-state index contributed by atoms with van der Waals surface area (Å²) in [6, 6.07) is 0.520. The second-order valence-electron chi connectivity index (χ2n) is 5.24. The number of aryl methyl sites for hydroxylation is 2. The molecule has 0 atom stereocenters. The molecule has 1 saturated carbocycles. The third-order valence-electron chi connectivity index (χ3n) is 3.65. The second-order valence-corrected chi connectivity index (χ2v) is 5.64. The molecule has 104 valence electrons. The van der Waals surface area contributed by atoms with Gasteiger partial charge < -0.3 is 10.3 Å². The third-order valence-corrected chi connectivity index (χ3v) is 3.86. The Labute approximate surface area is 120 Å². The molecule has 2 rings (SSSR count). The van der Waals surface area contributed by atoms with Crippen LogP contribution in [0.2, 0.25) is 0 Å². The topological polar surface area (TPSA) is 52.2 Å². The fraction of sp³-hybridized carbons (Fsp3) is 0.571. The number of nitrogens with zero attached hydrogens (tertiary/aromatic N) is 1. The Morgan fingerprint density at radius 2 is 2.05 bits per heavy atom. The van der Waals surface area contributed by atoms with Crippen LogP contribution in [0.5, 0.6) is 0 Å². The number of thiocarbonyl (C=S) groups is 1. The lowest BCUT2D eigenvalue weighted by atomic mass is 10.1. The molecule has 0 aliphatic heterocycles. The van der Waals surface area contributed by atoms with Crippen molar-refractivity contribution in [3.63, 3.8) is 0 Å². The van der Waals surface area contributed by atoms with E-state index in [9.17, 15) is 0 Å². The average molecular weight is 278 g/mol. The number of hydrogen-bond donors (Lipinski definition) is 3. The zero-order valence-corrected chi connectivity index (χ0v) is 12.7. The zero-order valence-electron chi connectivity index (χ0n) is 11.8. The summed E-state index contributed by atoms with van der Waals surface area (Å²) in [7, 11) is 0. The fourth-order valence-electron chi connectivity index (χ4n) is 2.69. The SMILES string of the molecule is C/C(=N\NC(=S)NC1CCCC1)c1c(C)c[nH]c1C. The van der Waals surface area contributed by atoms with Gasteiger partial charge in [0, 0.05) is 23.5 Å². The number of hydrogen-bond acceptors (Lipinski definition) is 2. The molecule has 0 amide bonds. The van der Waals surface area contributed by atoms with Crippen LogP contribution in [0.25, 0.3) is 0 Å². The predicted octanol–water partition coefficient (Wildman–Crippen LogP) is 2.76. The first-order valence-electron chi connectivity index (χ1n) is 6.83. The van der Waals surface area contributed by atoms with E-state index in [1.165, 1.54) is 31.2 Å². The molecule has 19 heavy (non-hydrogen) atoms. The molecule has 1 aromatic rings. The minimum atomic E-state index is 0.520. The van der Waals surface area contributed by atoms with Gasteiger partial charge in [-0.1, -0.05) is 12.8 Å². The summed E-state index contributed by atoms with van der Waals surface area (Å²) < 4.78 is 0. The Hall–Kier alpha value is -1.36. The van der Waals surface area contributed by atoms with Crippen LogP contribution < -0.4 is 10.7 Å². The molecule has 1 aliphatic carbocycles. The highest BCUT2D eigenvalue weighted by atomic mass is 32.1. The molecule has 0 bridgehead atoms. The van der Waals surface area contributed by atoms with Crippen molar-refractivity contribution in [2.45, 2.75) is 52.5 Å². The van der Waals surface area contributed by atoms with Gasteiger partial charge in [0.15, 0.2) is 5.11 Å². The zero-order chi connectivity index (χ0) is 13.8. The van der Waals surface area contributed by atoms with Gasteiger partial charge in [0.25, 0.3) is 0 Å². The van der Waals surface area contributed by atoms with Crippen LogP contribution in [0, 0.1) is 13.8 Å². The first kappa shape index (κ1) is 14.1. The van der Waals surface area contributed by atoms with Crippen LogP contribution in [0.4, 0.5) is 0 Å². The monoisotopic (exact) mass is 278 g/mol. The van der Waals surface area contributed by atoms with Crippen LogP contribution in [0.15, 0.2) is 11.3 Å². The van der Waals surface area contributed by atoms with Crippen LogP contribution in [-0.4, -0.2) is 21.8 Å². The first-order chi connectivity index (χ1) is 9.08. The maximum absolute atomic E-state index is 5.27. The molecule has 1 aromatic heterocycles.